The van der Waals surface area contributed by atoms with Gasteiger partial charge in [-0.25, -0.2) is 4.98 Å². The van der Waals surface area contributed by atoms with Crippen molar-refractivity contribution in [3.05, 3.63) is 53.2 Å². The zero-order chi connectivity index (χ0) is 13.1. The summed E-state index contributed by atoms with van der Waals surface area (Å²) in [7, 11) is 0. The Morgan fingerprint density at radius 1 is 1.32 bits per heavy atom. The van der Waals surface area contributed by atoms with Gasteiger partial charge in [-0.2, -0.15) is 0 Å². The van der Waals surface area contributed by atoms with Crippen LogP contribution in [0.3, 0.4) is 0 Å². The summed E-state index contributed by atoms with van der Waals surface area (Å²) >= 11 is 0. The van der Waals surface area contributed by atoms with Gasteiger partial charge in [0.15, 0.2) is 5.89 Å². The molecule has 1 aliphatic carbocycles. The van der Waals surface area contributed by atoms with E-state index in [9.17, 15) is 0 Å². The van der Waals surface area contributed by atoms with E-state index in [4.69, 9.17) is 4.42 Å². The van der Waals surface area contributed by atoms with Crippen LogP contribution in [0.5, 0.6) is 0 Å². The highest BCUT2D eigenvalue weighted by Gasteiger charge is 2.29. The van der Waals surface area contributed by atoms with Crippen molar-refractivity contribution >= 4 is 0 Å². The van der Waals surface area contributed by atoms with E-state index in [-0.39, 0.29) is 0 Å². The van der Waals surface area contributed by atoms with Crippen LogP contribution in [0.25, 0.3) is 0 Å². The van der Waals surface area contributed by atoms with E-state index < -0.39 is 0 Å². The van der Waals surface area contributed by atoms with Crippen molar-refractivity contribution in [2.75, 3.05) is 13.1 Å². The maximum absolute atomic E-state index is 5.87. The SMILES string of the molecule is CCCNCCc1ncc(C2Cc3ccccc32)o1. The van der Waals surface area contributed by atoms with Gasteiger partial charge in [0.05, 0.1) is 6.20 Å². The highest BCUT2D eigenvalue weighted by molar-refractivity contribution is 5.44. The summed E-state index contributed by atoms with van der Waals surface area (Å²) in [5.74, 6) is 2.29. The Kier molecular flexibility index (Phi) is 3.65. The number of benzene rings is 1. The van der Waals surface area contributed by atoms with Gasteiger partial charge in [-0.05, 0) is 30.5 Å². The summed E-state index contributed by atoms with van der Waals surface area (Å²) in [5, 5.41) is 3.37. The molecule has 3 heteroatoms. The lowest BCUT2D eigenvalue weighted by atomic mass is 9.76. The lowest BCUT2D eigenvalue weighted by molar-refractivity contribution is 0.422. The molecule has 0 bridgehead atoms. The van der Waals surface area contributed by atoms with E-state index in [0.717, 1.165) is 44.0 Å². The number of hydrogen-bond donors (Lipinski definition) is 1. The lowest BCUT2D eigenvalue weighted by Crippen LogP contribution is -2.18. The third kappa shape index (κ3) is 2.56. The van der Waals surface area contributed by atoms with Crippen LogP contribution in [0.2, 0.25) is 0 Å². The number of oxazole rings is 1. The molecular weight excluding hydrogens is 236 g/mol. The van der Waals surface area contributed by atoms with Gasteiger partial charge < -0.3 is 9.73 Å². The minimum Gasteiger partial charge on any atom is -0.445 e. The van der Waals surface area contributed by atoms with Crippen molar-refractivity contribution < 1.29 is 4.42 Å². The zero-order valence-electron chi connectivity index (χ0n) is 11.4. The quantitative estimate of drug-likeness (QED) is 0.808. The largest absolute Gasteiger partial charge is 0.445 e. The molecule has 0 saturated heterocycles. The fraction of sp³-hybridized carbons (Fsp3) is 0.438. The van der Waals surface area contributed by atoms with Crippen LogP contribution < -0.4 is 5.32 Å². The van der Waals surface area contributed by atoms with Crippen LogP contribution in [0.15, 0.2) is 34.9 Å². The summed E-state index contributed by atoms with van der Waals surface area (Å²) in [4.78, 5) is 4.38. The van der Waals surface area contributed by atoms with Crippen LogP contribution in [0.1, 0.15) is 42.0 Å². The number of hydrogen-bond acceptors (Lipinski definition) is 3. The molecule has 0 fully saturated rings. The standard InChI is InChI=1S/C16H20N2O/c1-2-8-17-9-7-16-18-11-15(19-16)14-10-12-5-3-4-6-13(12)14/h3-6,11,14,17H,2,7-10H2,1H3. The summed E-state index contributed by atoms with van der Waals surface area (Å²) in [6, 6.07) is 8.57. The zero-order valence-corrected chi connectivity index (χ0v) is 11.4. The summed E-state index contributed by atoms with van der Waals surface area (Å²) in [6.45, 7) is 4.17. The third-order valence-corrected chi connectivity index (χ3v) is 3.71. The van der Waals surface area contributed by atoms with Crippen molar-refractivity contribution in [3.63, 3.8) is 0 Å². The molecule has 0 amide bonds. The van der Waals surface area contributed by atoms with Crippen LogP contribution >= 0.6 is 0 Å². The number of nitrogens with one attached hydrogen (secondary N) is 1. The van der Waals surface area contributed by atoms with Gasteiger partial charge in [-0.1, -0.05) is 31.2 Å². The highest BCUT2D eigenvalue weighted by atomic mass is 16.4. The molecular formula is C16H20N2O. The summed E-state index contributed by atoms with van der Waals surface area (Å²) in [6.07, 6.45) is 5.01. The molecule has 1 aliphatic rings. The second-order valence-electron chi connectivity index (χ2n) is 5.11. The predicted octanol–water partition coefficient (Wildman–Crippen LogP) is 2.90. The fourth-order valence-electron chi connectivity index (χ4n) is 2.61. The van der Waals surface area contributed by atoms with Gasteiger partial charge in [0.1, 0.15) is 5.76 Å². The smallest absolute Gasteiger partial charge is 0.195 e. The molecule has 0 spiro atoms. The van der Waals surface area contributed by atoms with E-state index in [0.29, 0.717) is 5.92 Å². The molecule has 0 aliphatic heterocycles. The van der Waals surface area contributed by atoms with Crippen LogP contribution in [-0.2, 0) is 12.8 Å². The fourth-order valence-corrected chi connectivity index (χ4v) is 2.61. The van der Waals surface area contributed by atoms with Gasteiger partial charge in [-0.15, -0.1) is 0 Å². The van der Waals surface area contributed by atoms with Crippen LogP contribution in [-0.4, -0.2) is 18.1 Å². The number of fused-ring (bicyclic) bond motifs is 1. The van der Waals surface area contributed by atoms with Crippen molar-refractivity contribution in [2.24, 2.45) is 0 Å². The van der Waals surface area contributed by atoms with Crippen molar-refractivity contribution in [1.82, 2.24) is 10.3 Å². The van der Waals surface area contributed by atoms with E-state index in [1.807, 2.05) is 6.20 Å². The van der Waals surface area contributed by atoms with E-state index in [1.165, 1.54) is 11.1 Å². The monoisotopic (exact) mass is 256 g/mol. The molecule has 1 heterocycles. The molecule has 1 N–H and O–H groups in total. The minimum atomic E-state index is 0.418. The number of aromatic nitrogens is 1. The average molecular weight is 256 g/mol. The van der Waals surface area contributed by atoms with Gasteiger partial charge in [0.25, 0.3) is 0 Å². The van der Waals surface area contributed by atoms with Crippen molar-refractivity contribution in [3.8, 4) is 0 Å². The van der Waals surface area contributed by atoms with Crippen molar-refractivity contribution in [2.45, 2.75) is 32.1 Å². The van der Waals surface area contributed by atoms with Gasteiger partial charge >= 0.3 is 0 Å². The molecule has 19 heavy (non-hydrogen) atoms. The molecule has 1 aromatic heterocycles. The Morgan fingerprint density at radius 3 is 3.05 bits per heavy atom. The molecule has 0 radical (unpaired) electrons. The lowest BCUT2D eigenvalue weighted by Gasteiger charge is -2.27. The molecule has 3 rings (SSSR count). The van der Waals surface area contributed by atoms with Gasteiger partial charge in [-0.3, -0.25) is 0 Å². The minimum absolute atomic E-state index is 0.418. The third-order valence-electron chi connectivity index (χ3n) is 3.71. The molecule has 100 valence electrons. The second kappa shape index (κ2) is 5.57. The first kappa shape index (κ1) is 12.4. The highest BCUT2D eigenvalue weighted by Crippen LogP contribution is 2.39. The second-order valence-corrected chi connectivity index (χ2v) is 5.11. The summed E-state index contributed by atoms with van der Waals surface area (Å²) < 4.78 is 5.87. The predicted molar refractivity (Wildman–Crippen MR) is 75.4 cm³/mol. The van der Waals surface area contributed by atoms with Crippen LogP contribution in [0, 0.1) is 0 Å². The molecule has 0 saturated carbocycles. The number of nitrogens with zero attached hydrogens (tertiary/aromatic N) is 1. The van der Waals surface area contributed by atoms with Gasteiger partial charge in [0.2, 0.25) is 0 Å². The van der Waals surface area contributed by atoms with E-state index in [2.05, 4.69) is 41.5 Å². The molecule has 1 atom stereocenters. The summed E-state index contributed by atoms with van der Waals surface area (Å²) in [5.41, 5.74) is 2.84. The maximum atomic E-state index is 5.87. The maximum Gasteiger partial charge on any atom is 0.195 e. The molecule has 3 nitrogen and oxygen atoms in total. The van der Waals surface area contributed by atoms with Gasteiger partial charge in [0, 0.05) is 18.9 Å². The van der Waals surface area contributed by atoms with Crippen molar-refractivity contribution in [1.29, 1.82) is 0 Å². The van der Waals surface area contributed by atoms with Crippen LogP contribution in [0.4, 0.5) is 0 Å². The normalized spacial score (nSPS) is 17.0. The van der Waals surface area contributed by atoms with E-state index >= 15 is 0 Å². The average Bonchev–Trinajstić information content (AvgIpc) is 2.85. The molecule has 2 aromatic rings. The Labute approximate surface area is 114 Å². The topological polar surface area (TPSA) is 38.1 Å². The first-order valence-electron chi connectivity index (χ1n) is 7.11. The first-order valence-corrected chi connectivity index (χ1v) is 7.11. The molecule has 1 aromatic carbocycles. The Bertz CT molecular complexity index is 547. The molecule has 1 unspecified atom stereocenters. The first-order chi connectivity index (χ1) is 9.38. The Balaban J connectivity index is 1.60. The number of rotatable bonds is 6. The Morgan fingerprint density at radius 2 is 2.21 bits per heavy atom. The van der Waals surface area contributed by atoms with E-state index in [1.54, 1.807) is 0 Å². The Hall–Kier alpha value is -1.61.